The quantitative estimate of drug-likeness (QED) is 0.0320. The van der Waals surface area contributed by atoms with Gasteiger partial charge >= 0.3 is 5.97 Å². The molecule has 6 nitrogen and oxygen atoms in total. The van der Waals surface area contributed by atoms with Crippen LogP contribution in [0.2, 0.25) is 0 Å². The van der Waals surface area contributed by atoms with Gasteiger partial charge in [0.15, 0.2) is 0 Å². The van der Waals surface area contributed by atoms with Gasteiger partial charge in [-0.1, -0.05) is 385 Å². The molecule has 0 saturated carbocycles. The molecule has 0 aliphatic rings. The van der Waals surface area contributed by atoms with Crippen molar-refractivity contribution in [2.24, 2.45) is 0 Å². The number of amides is 1. The lowest BCUT2D eigenvalue weighted by Crippen LogP contribution is -2.45. The van der Waals surface area contributed by atoms with Gasteiger partial charge in [0.1, 0.15) is 0 Å². The van der Waals surface area contributed by atoms with Crippen LogP contribution in [0.1, 0.15) is 425 Å². The summed E-state index contributed by atoms with van der Waals surface area (Å²) in [5.41, 5.74) is 0. The average molecular weight is 1160 g/mol. The van der Waals surface area contributed by atoms with E-state index in [0.717, 1.165) is 51.4 Å². The predicted octanol–water partition coefficient (Wildman–Crippen LogP) is 24.5. The third-order valence-corrected chi connectivity index (χ3v) is 17.8. The smallest absolute Gasteiger partial charge is 0.305 e. The number of allylic oxidation sites excluding steroid dienone is 4. The third kappa shape index (κ3) is 67.5. The van der Waals surface area contributed by atoms with Crippen LogP contribution in [-0.2, 0) is 14.3 Å². The highest BCUT2D eigenvalue weighted by atomic mass is 16.5. The molecule has 82 heavy (non-hydrogen) atoms. The fourth-order valence-electron chi connectivity index (χ4n) is 12.0. The highest BCUT2D eigenvalue weighted by Gasteiger charge is 2.20. The van der Waals surface area contributed by atoms with Gasteiger partial charge in [-0.15, -0.1) is 0 Å². The van der Waals surface area contributed by atoms with Crippen LogP contribution in [0, 0.1) is 0 Å². The van der Waals surface area contributed by atoms with E-state index >= 15 is 0 Å². The summed E-state index contributed by atoms with van der Waals surface area (Å²) in [5.74, 6) is -0.0174. The van der Waals surface area contributed by atoms with Gasteiger partial charge in [0, 0.05) is 12.8 Å². The summed E-state index contributed by atoms with van der Waals surface area (Å²) in [6.45, 7) is 4.95. The van der Waals surface area contributed by atoms with Crippen LogP contribution >= 0.6 is 0 Å². The van der Waals surface area contributed by atoms with Crippen molar-refractivity contribution in [2.45, 2.75) is 437 Å². The Morgan fingerprint density at radius 3 is 0.963 bits per heavy atom. The summed E-state index contributed by atoms with van der Waals surface area (Å²) in [5, 5.41) is 23.4. The zero-order valence-corrected chi connectivity index (χ0v) is 55.8. The second-order valence-corrected chi connectivity index (χ2v) is 26.0. The number of esters is 1. The predicted molar refractivity (Wildman–Crippen MR) is 361 cm³/mol. The van der Waals surface area contributed by atoms with E-state index in [1.807, 2.05) is 0 Å². The van der Waals surface area contributed by atoms with Crippen LogP contribution in [0.3, 0.4) is 0 Å². The summed E-state index contributed by atoms with van der Waals surface area (Å²) >= 11 is 0. The minimum Gasteiger partial charge on any atom is -0.466 e. The fourth-order valence-corrected chi connectivity index (χ4v) is 12.0. The molecule has 0 aliphatic heterocycles. The van der Waals surface area contributed by atoms with Gasteiger partial charge in [-0.3, -0.25) is 9.59 Å². The first-order valence-electron chi connectivity index (χ1n) is 37.6. The van der Waals surface area contributed by atoms with Crippen molar-refractivity contribution in [3.05, 3.63) is 24.3 Å². The number of unbranched alkanes of at least 4 members (excludes halogenated alkanes) is 56. The van der Waals surface area contributed by atoms with Gasteiger partial charge in [0.05, 0.1) is 25.4 Å². The summed E-state index contributed by atoms with van der Waals surface area (Å²) in [6.07, 6.45) is 91.2. The topological polar surface area (TPSA) is 95.9 Å². The summed E-state index contributed by atoms with van der Waals surface area (Å²) in [7, 11) is 0. The Balaban J connectivity index is 3.30. The van der Waals surface area contributed by atoms with E-state index in [0.29, 0.717) is 25.9 Å². The van der Waals surface area contributed by atoms with Gasteiger partial charge < -0.3 is 20.3 Å². The van der Waals surface area contributed by atoms with Gasteiger partial charge in [-0.25, -0.2) is 0 Å². The van der Waals surface area contributed by atoms with Crippen LogP contribution in [0.5, 0.6) is 0 Å². The minimum atomic E-state index is -0.660. The van der Waals surface area contributed by atoms with Crippen molar-refractivity contribution in [2.75, 3.05) is 13.2 Å². The number of nitrogens with one attached hydrogen (secondary N) is 1. The molecule has 2 atom stereocenters. The summed E-state index contributed by atoms with van der Waals surface area (Å²) < 4.78 is 5.49. The van der Waals surface area contributed by atoms with Crippen LogP contribution in [0.15, 0.2) is 24.3 Å². The van der Waals surface area contributed by atoms with Crippen molar-refractivity contribution in [3.63, 3.8) is 0 Å². The molecule has 3 N–H and O–H groups in total. The van der Waals surface area contributed by atoms with Crippen LogP contribution in [0.25, 0.3) is 0 Å². The first-order chi connectivity index (χ1) is 40.5. The molecule has 0 rings (SSSR count). The van der Waals surface area contributed by atoms with E-state index < -0.39 is 12.1 Å². The highest BCUT2D eigenvalue weighted by molar-refractivity contribution is 5.76. The highest BCUT2D eigenvalue weighted by Crippen LogP contribution is 2.20. The molecule has 0 aromatic rings. The zero-order chi connectivity index (χ0) is 59.2. The maximum Gasteiger partial charge on any atom is 0.305 e. The average Bonchev–Trinajstić information content (AvgIpc) is 3.48. The maximum atomic E-state index is 12.5. The second-order valence-electron chi connectivity index (χ2n) is 26.0. The molecule has 486 valence electrons. The van der Waals surface area contributed by atoms with E-state index in [2.05, 4.69) is 43.5 Å². The molecule has 0 fully saturated rings. The second kappa shape index (κ2) is 71.8. The maximum absolute atomic E-state index is 12.5. The van der Waals surface area contributed by atoms with E-state index in [9.17, 15) is 19.8 Å². The molecule has 2 unspecified atom stereocenters. The Morgan fingerprint density at radius 1 is 0.341 bits per heavy atom. The SMILES string of the molecule is CCCC/C=C\C/C=C\CCCCCCCC(=O)OCCCCCCCCCCCCCCCCCCCCCCCCCCCCCCCCCCCCCC(=O)NC(CO)C(O)CCCCCCCCCCCCCCCCCC. The lowest BCUT2D eigenvalue weighted by molar-refractivity contribution is -0.143. The molecule has 0 heterocycles. The number of rotatable bonds is 71. The number of aliphatic hydroxyl groups is 2. The Morgan fingerprint density at radius 2 is 0.622 bits per heavy atom. The molecule has 0 aromatic heterocycles. The molecule has 0 aliphatic carbocycles. The normalized spacial score (nSPS) is 12.6. The lowest BCUT2D eigenvalue weighted by atomic mass is 10.0. The molecule has 6 heteroatoms. The molecule has 0 saturated heterocycles. The first kappa shape index (κ1) is 80.3. The van der Waals surface area contributed by atoms with Gasteiger partial charge in [0.2, 0.25) is 5.91 Å². The van der Waals surface area contributed by atoms with E-state index in [1.165, 1.54) is 340 Å². The number of carbonyl (C=O) groups excluding carboxylic acids is 2. The largest absolute Gasteiger partial charge is 0.466 e. The first-order valence-corrected chi connectivity index (χ1v) is 37.6. The standard InChI is InChI=1S/C76H147NO5/c1-3-5-7-9-11-13-15-17-19-41-44-48-52-56-60-64-68-74(79)73(72-78)77-75(80)69-65-61-57-53-49-45-42-39-37-35-33-31-29-27-25-23-21-20-22-24-26-28-30-32-34-36-38-40-43-47-51-55-59-63-67-71-82-76(81)70-66-62-58-54-50-46-18-16-14-12-10-8-6-4-2/h10,12,16,18,73-74,78-79H,3-9,11,13-15,17,19-72H2,1-2H3,(H,77,80)/b12-10-,18-16-. The van der Waals surface area contributed by atoms with Crippen molar-refractivity contribution in [1.82, 2.24) is 5.32 Å². The number of carbonyl (C=O) groups is 2. The Hall–Kier alpha value is -1.66. The van der Waals surface area contributed by atoms with Crippen molar-refractivity contribution >= 4 is 11.9 Å². The van der Waals surface area contributed by atoms with E-state index in [-0.39, 0.29) is 18.5 Å². The van der Waals surface area contributed by atoms with Crippen LogP contribution < -0.4 is 5.32 Å². The minimum absolute atomic E-state index is 0.00854. The molecule has 0 aromatic carbocycles. The number of hydrogen-bond donors (Lipinski definition) is 3. The zero-order valence-electron chi connectivity index (χ0n) is 55.8. The van der Waals surface area contributed by atoms with E-state index in [1.54, 1.807) is 0 Å². The van der Waals surface area contributed by atoms with Crippen molar-refractivity contribution in [3.8, 4) is 0 Å². The van der Waals surface area contributed by atoms with Crippen LogP contribution in [-0.4, -0.2) is 47.4 Å². The Labute approximate surface area is 513 Å². The number of aliphatic hydroxyl groups excluding tert-OH is 2. The third-order valence-electron chi connectivity index (χ3n) is 17.8. The van der Waals surface area contributed by atoms with Crippen molar-refractivity contribution in [1.29, 1.82) is 0 Å². The Bertz CT molecular complexity index is 1280. The summed E-state index contributed by atoms with van der Waals surface area (Å²) in [4.78, 5) is 24.6. The molecular weight excluding hydrogens is 1010 g/mol. The van der Waals surface area contributed by atoms with Gasteiger partial charge in [-0.2, -0.15) is 0 Å². The van der Waals surface area contributed by atoms with Gasteiger partial charge in [-0.05, 0) is 51.4 Å². The number of ether oxygens (including phenoxy) is 1. The fraction of sp³-hybridized carbons (Fsp3) is 0.921. The van der Waals surface area contributed by atoms with Gasteiger partial charge in [0.25, 0.3) is 0 Å². The molecular formula is C76H147NO5. The lowest BCUT2D eigenvalue weighted by Gasteiger charge is -2.22. The molecule has 1 amide bonds. The van der Waals surface area contributed by atoms with Crippen LogP contribution in [0.4, 0.5) is 0 Å². The van der Waals surface area contributed by atoms with E-state index in [4.69, 9.17) is 4.74 Å². The molecule has 0 spiro atoms. The monoisotopic (exact) mass is 1150 g/mol. The summed E-state index contributed by atoms with van der Waals surface area (Å²) in [6, 6.07) is -0.537. The van der Waals surface area contributed by atoms with Crippen molar-refractivity contribution < 1.29 is 24.5 Å². The number of hydrogen-bond acceptors (Lipinski definition) is 5. The molecule has 0 bridgehead atoms. The Kier molecular flexibility index (Phi) is 70.4. The molecule has 0 radical (unpaired) electrons.